The minimum absolute atomic E-state index is 0.429. The van der Waals surface area contributed by atoms with Crippen molar-refractivity contribution in [2.75, 3.05) is 0 Å². The Balaban J connectivity index is 1.37. The third kappa shape index (κ3) is 3.82. The van der Waals surface area contributed by atoms with Crippen LogP contribution in [0.2, 0.25) is 0 Å². The molecule has 202 valence electrons. The van der Waals surface area contributed by atoms with E-state index in [1.54, 1.807) is 0 Å². The van der Waals surface area contributed by atoms with Crippen LogP contribution < -0.4 is 0 Å². The van der Waals surface area contributed by atoms with Crippen molar-refractivity contribution >= 4 is 53.9 Å². The van der Waals surface area contributed by atoms with E-state index in [4.69, 9.17) is 0 Å². The van der Waals surface area contributed by atoms with E-state index in [1.165, 1.54) is 87.2 Å². The minimum Gasteiger partial charge on any atom is -0.0616 e. The zero-order chi connectivity index (χ0) is 28.5. The van der Waals surface area contributed by atoms with Gasteiger partial charge in [-0.05, 0) is 123 Å². The van der Waals surface area contributed by atoms with Crippen molar-refractivity contribution in [3.05, 3.63) is 132 Å². The molecular weight excluding hydrogens is 504 g/mol. The number of hydrogen-bond acceptors (Lipinski definition) is 0. The van der Waals surface area contributed by atoms with Gasteiger partial charge in [0.25, 0.3) is 0 Å². The molecule has 0 amide bonds. The quantitative estimate of drug-likeness (QED) is 0.195. The van der Waals surface area contributed by atoms with E-state index in [1.807, 2.05) is 0 Å². The van der Waals surface area contributed by atoms with E-state index < -0.39 is 0 Å². The molecule has 0 saturated heterocycles. The molecule has 0 heterocycles. The first-order valence-corrected chi connectivity index (χ1v) is 15.2. The maximum atomic E-state index is 2.46. The second-order valence-electron chi connectivity index (χ2n) is 12.6. The van der Waals surface area contributed by atoms with Gasteiger partial charge in [0.05, 0.1) is 0 Å². The Hall–Kier alpha value is -4.68. The van der Waals surface area contributed by atoms with Crippen LogP contribution in [-0.2, 0) is 0 Å². The predicted octanol–water partition coefficient (Wildman–Crippen LogP) is 12.5. The number of fused-ring (bicyclic) bond motifs is 2. The van der Waals surface area contributed by atoms with Gasteiger partial charge in [-0.3, -0.25) is 0 Å². The van der Waals surface area contributed by atoms with E-state index in [2.05, 4.69) is 149 Å². The SMILES string of the molecule is CC(C)c1ccc2ccc3c(C(C)C)cc(-c4ccc5ccc(-c6ccc7ccccc7c6)cc5c4)c4ccc1c2c43. The van der Waals surface area contributed by atoms with Crippen LogP contribution in [0.5, 0.6) is 0 Å². The van der Waals surface area contributed by atoms with E-state index >= 15 is 0 Å². The standard InChI is InChI=1S/C42H34/c1-25(2)35-17-15-29-16-18-37-39(26(3)4)24-40(38-20-19-36(35)41(29)42(37)38)33-14-11-28-10-13-32(22-34(28)23-33)31-12-9-27-7-5-6-8-30(27)21-31/h5-26H,1-4H3. The van der Waals surface area contributed by atoms with Gasteiger partial charge in [0.1, 0.15) is 0 Å². The first-order valence-electron chi connectivity index (χ1n) is 15.2. The van der Waals surface area contributed by atoms with Crippen LogP contribution in [0.15, 0.2) is 121 Å². The second-order valence-corrected chi connectivity index (χ2v) is 12.6. The Labute approximate surface area is 247 Å². The van der Waals surface area contributed by atoms with E-state index in [9.17, 15) is 0 Å². The minimum atomic E-state index is 0.429. The van der Waals surface area contributed by atoms with Gasteiger partial charge < -0.3 is 0 Å². The van der Waals surface area contributed by atoms with Gasteiger partial charge in [-0.25, -0.2) is 0 Å². The molecule has 0 saturated carbocycles. The summed E-state index contributed by atoms with van der Waals surface area (Å²) in [6, 6.07) is 45.8. The monoisotopic (exact) mass is 538 g/mol. The summed E-state index contributed by atoms with van der Waals surface area (Å²) < 4.78 is 0. The molecule has 0 spiro atoms. The second kappa shape index (κ2) is 9.43. The summed E-state index contributed by atoms with van der Waals surface area (Å²) in [6.07, 6.45) is 0. The molecule has 0 aliphatic carbocycles. The fraction of sp³-hybridized carbons (Fsp3) is 0.143. The van der Waals surface area contributed by atoms with Gasteiger partial charge >= 0.3 is 0 Å². The lowest BCUT2D eigenvalue weighted by molar-refractivity contribution is 0.876. The lowest BCUT2D eigenvalue weighted by Gasteiger charge is -2.21. The Bertz CT molecular complexity index is 2300. The molecule has 0 N–H and O–H groups in total. The zero-order valence-electron chi connectivity index (χ0n) is 24.7. The van der Waals surface area contributed by atoms with Crippen molar-refractivity contribution < 1.29 is 0 Å². The lowest BCUT2D eigenvalue weighted by Crippen LogP contribution is -1.97. The summed E-state index contributed by atoms with van der Waals surface area (Å²) >= 11 is 0. The van der Waals surface area contributed by atoms with E-state index in [0.717, 1.165) is 0 Å². The van der Waals surface area contributed by atoms with Crippen molar-refractivity contribution in [3.8, 4) is 22.3 Å². The Morgan fingerprint density at radius 3 is 1.62 bits per heavy atom. The van der Waals surface area contributed by atoms with Crippen molar-refractivity contribution in [2.45, 2.75) is 39.5 Å². The maximum absolute atomic E-state index is 2.46. The smallest absolute Gasteiger partial charge is 0.00176 e. The van der Waals surface area contributed by atoms with Gasteiger partial charge in [-0.15, -0.1) is 0 Å². The molecule has 0 nitrogen and oxygen atoms in total. The largest absolute Gasteiger partial charge is 0.0616 e. The number of benzene rings is 8. The first-order chi connectivity index (χ1) is 20.5. The average Bonchev–Trinajstić information content (AvgIpc) is 3.02. The predicted molar refractivity (Wildman–Crippen MR) is 184 cm³/mol. The molecule has 8 rings (SSSR count). The number of rotatable bonds is 4. The Morgan fingerprint density at radius 1 is 0.357 bits per heavy atom. The lowest BCUT2D eigenvalue weighted by atomic mass is 9.82. The fourth-order valence-corrected chi connectivity index (χ4v) is 7.13. The van der Waals surface area contributed by atoms with Crippen LogP contribution in [0, 0.1) is 0 Å². The molecule has 0 bridgehead atoms. The van der Waals surface area contributed by atoms with Crippen LogP contribution >= 0.6 is 0 Å². The summed E-state index contributed by atoms with van der Waals surface area (Å²) in [5.74, 6) is 0.911. The van der Waals surface area contributed by atoms with Crippen molar-refractivity contribution in [1.82, 2.24) is 0 Å². The molecule has 0 aliphatic heterocycles. The van der Waals surface area contributed by atoms with Gasteiger partial charge in [0, 0.05) is 0 Å². The van der Waals surface area contributed by atoms with Crippen LogP contribution in [0.1, 0.15) is 50.7 Å². The Morgan fingerprint density at radius 2 is 0.881 bits per heavy atom. The van der Waals surface area contributed by atoms with Crippen molar-refractivity contribution in [1.29, 1.82) is 0 Å². The molecule has 8 aromatic carbocycles. The fourth-order valence-electron chi connectivity index (χ4n) is 7.13. The zero-order valence-corrected chi connectivity index (χ0v) is 24.7. The highest BCUT2D eigenvalue weighted by atomic mass is 14.2. The molecule has 8 aromatic rings. The third-order valence-electron chi connectivity index (χ3n) is 9.33. The van der Waals surface area contributed by atoms with Crippen molar-refractivity contribution in [2.24, 2.45) is 0 Å². The van der Waals surface area contributed by atoms with Crippen LogP contribution in [-0.4, -0.2) is 0 Å². The molecule has 0 unspecified atom stereocenters. The molecule has 0 atom stereocenters. The summed E-state index contributed by atoms with van der Waals surface area (Å²) in [5.41, 5.74) is 7.97. The highest BCUT2D eigenvalue weighted by Crippen LogP contribution is 2.44. The van der Waals surface area contributed by atoms with E-state index in [-0.39, 0.29) is 0 Å². The van der Waals surface area contributed by atoms with Crippen LogP contribution in [0.4, 0.5) is 0 Å². The molecule has 0 fully saturated rings. The summed E-state index contributed by atoms with van der Waals surface area (Å²) in [7, 11) is 0. The molecule has 42 heavy (non-hydrogen) atoms. The summed E-state index contributed by atoms with van der Waals surface area (Å²) in [6.45, 7) is 9.26. The molecule has 0 aromatic heterocycles. The number of hydrogen-bond donors (Lipinski definition) is 0. The topological polar surface area (TPSA) is 0 Å². The molecule has 0 aliphatic rings. The highest BCUT2D eigenvalue weighted by molar-refractivity contribution is 6.27. The van der Waals surface area contributed by atoms with Crippen molar-refractivity contribution in [3.63, 3.8) is 0 Å². The molecule has 0 heteroatoms. The van der Waals surface area contributed by atoms with Gasteiger partial charge in [-0.2, -0.15) is 0 Å². The van der Waals surface area contributed by atoms with Gasteiger partial charge in [0.2, 0.25) is 0 Å². The maximum Gasteiger partial charge on any atom is -0.00176 e. The molecular formula is C42H34. The first kappa shape index (κ1) is 25.1. The molecule has 0 radical (unpaired) electrons. The highest BCUT2D eigenvalue weighted by Gasteiger charge is 2.19. The average molecular weight is 539 g/mol. The van der Waals surface area contributed by atoms with Crippen LogP contribution in [0.25, 0.3) is 76.1 Å². The van der Waals surface area contributed by atoms with Gasteiger partial charge in [0.15, 0.2) is 0 Å². The Kier molecular flexibility index (Phi) is 5.63. The van der Waals surface area contributed by atoms with Gasteiger partial charge in [-0.1, -0.05) is 125 Å². The summed E-state index contributed by atoms with van der Waals surface area (Å²) in [4.78, 5) is 0. The van der Waals surface area contributed by atoms with Crippen LogP contribution in [0.3, 0.4) is 0 Å². The third-order valence-corrected chi connectivity index (χ3v) is 9.33. The summed E-state index contributed by atoms with van der Waals surface area (Å²) in [5, 5.41) is 13.4. The van der Waals surface area contributed by atoms with E-state index in [0.29, 0.717) is 11.8 Å². The normalized spacial score (nSPS) is 12.2.